The molecule has 4 atom stereocenters. The molecule has 0 radical (unpaired) electrons. The number of carboxylic acid groups (broad SMARTS) is 1. The first-order valence-corrected chi connectivity index (χ1v) is 12.4. The number of hydrogen-bond donors (Lipinski definition) is 3. The number of fused-ring (bicyclic) bond motifs is 2. The van der Waals surface area contributed by atoms with E-state index >= 15 is 0 Å². The standard InChI is InChI=1S/C24H32N2O4S/c1-3-17-13(2)31-23(20(17)22(28)25-16-7-5-4-6-8-16)26-21(27)18-14-9-11-15(12-10-14)19(18)24(29)30/h9,11,14-16,18-19H,3-8,10,12H2,1-2H3,(H,25,28)(H,26,27)(H,29,30)/t14-,15-,18-,19-/m0/s1. The van der Waals surface area contributed by atoms with Crippen LogP contribution in [-0.2, 0) is 16.0 Å². The minimum absolute atomic E-state index is 0.0580. The number of carbonyl (C=O) groups is 3. The fourth-order valence-corrected chi connectivity index (χ4v) is 6.87. The van der Waals surface area contributed by atoms with Gasteiger partial charge in [0, 0.05) is 10.9 Å². The van der Waals surface area contributed by atoms with Crippen molar-refractivity contribution in [3.05, 3.63) is 28.2 Å². The molecule has 0 unspecified atom stereocenters. The lowest BCUT2D eigenvalue weighted by atomic mass is 9.62. The summed E-state index contributed by atoms with van der Waals surface area (Å²) in [5.74, 6) is -2.75. The molecule has 0 saturated heterocycles. The lowest BCUT2D eigenvalue weighted by Crippen LogP contribution is -2.47. The van der Waals surface area contributed by atoms with E-state index in [1.165, 1.54) is 17.8 Å². The van der Waals surface area contributed by atoms with Crippen molar-refractivity contribution in [1.82, 2.24) is 5.32 Å². The minimum Gasteiger partial charge on any atom is -0.481 e. The Morgan fingerprint density at radius 1 is 1.03 bits per heavy atom. The van der Waals surface area contributed by atoms with Gasteiger partial charge >= 0.3 is 5.97 Å². The maximum absolute atomic E-state index is 13.3. The number of amides is 2. The van der Waals surface area contributed by atoms with Crippen molar-refractivity contribution < 1.29 is 19.5 Å². The maximum atomic E-state index is 13.3. The Hall–Kier alpha value is -2.15. The van der Waals surface area contributed by atoms with E-state index in [1.807, 2.05) is 26.0 Å². The molecule has 4 aliphatic rings. The van der Waals surface area contributed by atoms with Crippen molar-refractivity contribution in [2.24, 2.45) is 23.7 Å². The number of aliphatic carboxylic acids is 1. The zero-order valence-corrected chi connectivity index (χ0v) is 19.1. The summed E-state index contributed by atoms with van der Waals surface area (Å²) in [6.07, 6.45) is 11.8. The van der Waals surface area contributed by atoms with Crippen molar-refractivity contribution in [2.75, 3.05) is 5.32 Å². The van der Waals surface area contributed by atoms with Crippen LogP contribution in [-0.4, -0.2) is 28.9 Å². The van der Waals surface area contributed by atoms with Crippen LogP contribution in [0.1, 0.15) is 72.7 Å². The second-order valence-corrected chi connectivity index (χ2v) is 10.4. The molecule has 5 rings (SSSR count). The van der Waals surface area contributed by atoms with Crippen LogP contribution < -0.4 is 10.6 Å². The molecule has 1 heterocycles. The van der Waals surface area contributed by atoms with Crippen LogP contribution in [0, 0.1) is 30.6 Å². The predicted molar refractivity (Wildman–Crippen MR) is 121 cm³/mol. The summed E-state index contributed by atoms with van der Waals surface area (Å²) in [7, 11) is 0. The summed E-state index contributed by atoms with van der Waals surface area (Å²) in [6, 6.07) is 0.185. The number of carboxylic acids is 1. The predicted octanol–water partition coefficient (Wildman–Crippen LogP) is 4.53. The molecule has 0 aliphatic heterocycles. The monoisotopic (exact) mass is 444 g/mol. The van der Waals surface area contributed by atoms with Crippen molar-refractivity contribution >= 4 is 34.1 Å². The number of aryl methyl sites for hydroxylation is 1. The molecule has 31 heavy (non-hydrogen) atoms. The Morgan fingerprint density at radius 3 is 2.26 bits per heavy atom. The molecule has 2 saturated carbocycles. The van der Waals surface area contributed by atoms with Gasteiger partial charge in [-0.15, -0.1) is 11.3 Å². The highest BCUT2D eigenvalue weighted by Crippen LogP contribution is 2.46. The third-order valence-electron chi connectivity index (χ3n) is 7.30. The number of hydrogen-bond acceptors (Lipinski definition) is 4. The van der Waals surface area contributed by atoms with Gasteiger partial charge in [0.1, 0.15) is 5.00 Å². The maximum Gasteiger partial charge on any atom is 0.307 e. The average Bonchev–Trinajstić information content (AvgIpc) is 3.09. The first kappa shape index (κ1) is 22.1. The molecule has 4 aliphatic carbocycles. The van der Waals surface area contributed by atoms with Crippen LogP contribution in [0.3, 0.4) is 0 Å². The molecule has 2 amide bonds. The molecular weight excluding hydrogens is 412 g/mol. The molecule has 2 bridgehead atoms. The van der Waals surface area contributed by atoms with Gasteiger partial charge in [0.15, 0.2) is 0 Å². The van der Waals surface area contributed by atoms with E-state index in [-0.39, 0.29) is 29.7 Å². The summed E-state index contributed by atoms with van der Waals surface area (Å²) in [5, 5.41) is 16.5. The first-order valence-electron chi connectivity index (χ1n) is 11.6. The fourth-order valence-electron chi connectivity index (χ4n) is 5.72. The van der Waals surface area contributed by atoms with Gasteiger partial charge in [0.2, 0.25) is 5.91 Å². The molecule has 6 nitrogen and oxygen atoms in total. The zero-order valence-electron chi connectivity index (χ0n) is 18.3. The Bertz CT molecular complexity index is 900. The van der Waals surface area contributed by atoms with Crippen LogP contribution in [0.15, 0.2) is 12.2 Å². The highest BCUT2D eigenvalue weighted by molar-refractivity contribution is 7.16. The third-order valence-corrected chi connectivity index (χ3v) is 8.37. The molecule has 7 heteroatoms. The van der Waals surface area contributed by atoms with Gasteiger partial charge in [-0.05, 0) is 56.4 Å². The van der Waals surface area contributed by atoms with Gasteiger partial charge in [0.05, 0.1) is 17.4 Å². The minimum atomic E-state index is -0.911. The number of rotatable bonds is 6. The van der Waals surface area contributed by atoms with E-state index in [2.05, 4.69) is 10.6 Å². The van der Waals surface area contributed by atoms with E-state index in [0.717, 1.165) is 49.0 Å². The lowest BCUT2D eigenvalue weighted by molar-refractivity contribution is -0.151. The van der Waals surface area contributed by atoms with Crippen LogP contribution in [0.5, 0.6) is 0 Å². The SMILES string of the molecule is CCc1c(C)sc(NC(=O)[C@@H]2[C@@H](C(=O)O)[C@H]3C=C[C@H]2CC3)c1C(=O)NC1CCCCC1. The summed E-state index contributed by atoms with van der Waals surface area (Å²) in [4.78, 5) is 39.5. The average molecular weight is 445 g/mol. The second-order valence-electron chi connectivity index (χ2n) is 9.17. The number of allylic oxidation sites excluding steroid dienone is 2. The summed E-state index contributed by atoms with van der Waals surface area (Å²) < 4.78 is 0. The van der Waals surface area contributed by atoms with Crippen LogP contribution in [0.25, 0.3) is 0 Å². The molecule has 168 valence electrons. The van der Waals surface area contributed by atoms with Crippen molar-refractivity contribution in [3.63, 3.8) is 0 Å². The Morgan fingerprint density at radius 2 is 1.68 bits per heavy atom. The quantitative estimate of drug-likeness (QED) is 0.562. The third kappa shape index (κ3) is 4.29. The number of nitrogens with one attached hydrogen (secondary N) is 2. The molecular formula is C24H32N2O4S. The van der Waals surface area contributed by atoms with Crippen LogP contribution in [0.2, 0.25) is 0 Å². The Kier molecular flexibility index (Phi) is 6.51. The van der Waals surface area contributed by atoms with Gasteiger partial charge in [-0.25, -0.2) is 0 Å². The van der Waals surface area contributed by atoms with Gasteiger partial charge in [0.25, 0.3) is 5.91 Å². The van der Waals surface area contributed by atoms with E-state index in [9.17, 15) is 19.5 Å². The molecule has 1 aromatic heterocycles. The largest absolute Gasteiger partial charge is 0.481 e. The zero-order chi connectivity index (χ0) is 22.1. The molecule has 0 aromatic carbocycles. The highest BCUT2D eigenvalue weighted by atomic mass is 32.1. The Labute approximate surface area is 187 Å². The summed E-state index contributed by atoms with van der Waals surface area (Å²) in [5.41, 5.74) is 1.53. The van der Waals surface area contributed by atoms with E-state index < -0.39 is 17.8 Å². The van der Waals surface area contributed by atoms with E-state index in [4.69, 9.17) is 0 Å². The van der Waals surface area contributed by atoms with Gasteiger partial charge in [-0.3, -0.25) is 14.4 Å². The van der Waals surface area contributed by atoms with E-state index in [1.54, 1.807) is 0 Å². The number of thiophene rings is 1. The van der Waals surface area contributed by atoms with Crippen molar-refractivity contribution in [3.8, 4) is 0 Å². The molecule has 3 N–H and O–H groups in total. The summed E-state index contributed by atoms with van der Waals surface area (Å²) in [6.45, 7) is 3.99. The second kappa shape index (κ2) is 9.15. The fraction of sp³-hybridized carbons (Fsp3) is 0.625. The highest BCUT2D eigenvalue weighted by Gasteiger charge is 2.48. The first-order chi connectivity index (χ1) is 14.9. The van der Waals surface area contributed by atoms with Crippen LogP contribution in [0.4, 0.5) is 5.00 Å². The number of anilines is 1. The van der Waals surface area contributed by atoms with Crippen LogP contribution >= 0.6 is 11.3 Å². The van der Waals surface area contributed by atoms with E-state index in [0.29, 0.717) is 17.0 Å². The van der Waals surface area contributed by atoms with Gasteiger partial charge in [-0.2, -0.15) is 0 Å². The van der Waals surface area contributed by atoms with Gasteiger partial charge < -0.3 is 15.7 Å². The topological polar surface area (TPSA) is 95.5 Å². The van der Waals surface area contributed by atoms with Gasteiger partial charge in [-0.1, -0.05) is 38.3 Å². The van der Waals surface area contributed by atoms with Crippen molar-refractivity contribution in [2.45, 2.75) is 71.3 Å². The lowest BCUT2D eigenvalue weighted by Gasteiger charge is -2.41. The molecule has 2 fully saturated rings. The Balaban J connectivity index is 1.58. The normalized spacial score (nSPS) is 27.8. The van der Waals surface area contributed by atoms with Crippen molar-refractivity contribution in [1.29, 1.82) is 0 Å². The smallest absolute Gasteiger partial charge is 0.307 e. The molecule has 1 aromatic rings. The molecule has 0 spiro atoms. The number of carbonyl (C=O) groups excluding carboxylic acids is 2. The summed E-state index contributed by atoms with van der Waals surface area (Å²) >= 11 is 1.42.